The van der Waals surface area contributed by atoms with Crippen molar-refractivity contribution in [2.45, 2.75) is 6.42 Å². The van der Waals surface area contributed by atoms with Gasteiger partial charge in [-0.15, -0.1) is 0 Å². The van der Waals surface area contributed by atoms with Crippen molar-refractivity contribution in [3.05, 3.63) is 23.8 Å². The molecule has 1 rings (SSSR count). The van der Waals surface area contributed by atoms with Crippen LogP contribution in [-0.2, 0) is 16.0 Å². The second-order valence-electron chi connectivity index (χ2n) is 3.53. The van der Waals surface area contributed by atoms with Crippen LogP contribution in [0.1, 0.15) is 5.56 Å². The minimum Gasteiger partial charge on any atom is -0.504 e. The fraction of sp³-hybridized carbons (Fsp3) is 0.417. The molecule has 17 heavy (non-hydrogen) atoms. The Morgan fingerprint density at radius 3 is 2.82 bits per heavy atom. The molecule has 0 spiro atoms. The van der Waals surface area contributed by atoms with Crippen LogP contribution in [0.25, 0.3) is 0 Å². The molecule has 0 fully saturated rings. The van der Waals surface area contributed by atoms with E-state index in [2.05, 4.69) is 5.32 Å². The number of carbonyl (C=O) groups excluding carboxylic acids is 1. The van der Waals surface area contributed by atoms with Gasteiger partial charge in [-0.2, -0.15) is 0 Å². The summed E-state index contributed by atoms with van der Waals surface area (Å²) in [5.74, 6) is 0.345. The maximum atomic E-state index is 11.5. The van der Waals surface area contributed by atoms with Gasteiger partial charge in [0.15, 0.2) is 11.5 Å². The number of carbonyl (C=O) groups is 1. The van der Waals surface area contributed by atoms with Crippen LogP contribution in [0.5, 0.6) is 11.5 Å². The van der Waals surface area contributed by atoms with Crippen molar-refractivity contribution < 1.29 is 19.4 Å². The third-order valence-electron chi connectivity index (χ3n) is 2.24. The predicted octanol–water partition coefficient (Wildman–Crippen LogP) is 0.706. The second kappa shape index (κ2) is 6.75. The number of hydrogen-bond acceptors (Lipinski definition) is 4. The van der Waals surface area contributed by atoms with Crippen LogP contribution in [0.2, 0.25) is 0 Å². The molecular formula is C12H17NO4. The van der Waals surface area contributed by atoms with Gasteiger partial charge >= 0.3 is 0 Å². The van der Waals surface area contributed by atoms with Crippen LogP contribution < -0.4 is 10.1 Å². The monoisotopic (exact) mass is 239 g/mol. The number of aromatic hydroxyl groups is 1. The molecule has 0 aliphatic heterocycles. The topological polar surface area (TPSA) is 67.8 Å². The Kier molecular flexibility index (Phi) is 5.29. The predicted molar refractivity (Wildman–Crippen MR) is 63.2 cm³/mol. The average molecular weight is 239 g/mol. The molecule has 2 N–H and O–H groups in total. The number of ether oxygens (including phenoxy) is 2. The number of benzene rings is 1. The summed E-state index contributed by atoms with van der Waals surface area (Å²) in [5.41, 5.74) is 0.787. The Bertz CT molecular complexity index is 379. The van der Waals surface area contributed by atoms with Crippen LogP contribution in [-0.4, -0.2) is 38.4 Å². The standard InChI is InChI=1S/C12H17NO4/c1-16-6-5-13-12(15)8-9-3-4-10(14)11(7-9)17-2/h3-4,7,14H,5-6,8H2,1-2H3,(H,13,15). The van der Waals surface area contributed by atoms with E-state index in [4.69, 9.17) is 9.47 Å². The Morgan fingerprint density at radius 2 is 2.18 bits per heavy atom. The summed E-state index contributed by atoms with van der Waals surface area (Å²) < 4.78 is 9.79. The van der Waals surface area contributed by atoms with Gasteiger partial charge in [0.25, 0.3) is 0 Å². The molecule has 5 nitrogen and oxygen atoms in total. The number of hydrogen-bond donors (Lipinski definition) is 2. The molecule has 94 valence electrons. The van der Waals surface area contributed by atoms with Gasteiger partial charge in [0.2, 0.25) is 5.91 Å². The summed E-state index contributed by atoms with van der Waals surface area (Å²) in [5, 5.41) is 12.1. The van der Waals surface area contributed by atoms with Crippen molar-refractivity contribution in [2.75, 3.05) is 27.4 Å². The maximum Gasteiger partial charge on any atom is 0.224 e. The van der Waals surface area contributed by atoms with Gasteiger partial charge in [-0.25, -0.2) is 0 Å². The van der Waals surface area contributed by atoms with Crippen molar-refractivity contribution in [3.8, 4) is 11.5 Å². The molecule has 0 heterocycles. The van der Waals surface area contributed by atoms with Crippen molar-refractivity contribution in [1.82, 2.24) is 5.32 Å². The number of amides is 1. The van der Waals surface area contributed by atoms with Crippen LogP contribution in [0.4, 0.5) is 0 Å². The van der Waals surface area contributed by atoms with E-state index >= 15 is 0 Å². The highest BCUT2D eigenvalue weighted by Crippen LogP contribution is 2.26. The third-order valence-corrected chi connectivity index (χ3v) is 2.24. The third kappa shape index (κ3) is 4.32. The van der Waals surface area contributed by atoms with Crippen LogP contribution in [0.3, 0.4) is 0 Å². The van der Waals surface area contributed by atoms with Crippen molar-refractivity contribution in [1.29, 1.82) is 0 Å². The van der Waals surface area contributed by atoms with E-state index in [-0.39, 0.29) is 18.1 Å². The molecule has 1 aromatic carbocycles. The van der Waals surface area contributed by atoms with E-state index in [1.54, 1.807) is 19.2 Å². The lowest BCUT2D eigenvalue weighted by Crippen LogP contribution is -2.28. The van der Waals surface area contributed by atoms with E-state index in [0.717, 1.165) is 5.56 Å². The lowest BCUT2D eigenvalue weighted by atomic mass is 10.1. The van der Waals surface area contributed by atoms with E-state index in [1.165, 1.54) is 13.2 Å². The van der Waals surface area contributed by atoms with Crippen molar-refractivity contribution in [2.24, 2.45) is 0 Å². The van der Waals surface area contributed by atoms with E-state index < -0.39 is 0 Å². The zero-order valence-corrected chi connectivity index (χ0v) is 10.0. The molecule has 0 aliphatic rings. The molecule has 5 heteroatoms. The first-order valence-electron chi connectivity index (χ1n) is 5.29. The lowest BCUT2D eigenvalue weighted by Gasteiger charge is -2.07. The zero-order valence-electron chi connectivity index (χ0n) is 10.0. The van der Waals surface area contributed by atoms with Gasteiger partial charge in [-0.1, -0.05) is 6.07 Å². The first kappa shape index (κ1) is 13.3. The number of methoxy groups -OCH3 is 2. The molecule has 1 amide bonds. The number of nitrogens with one attached hydrogen (secondary N) is 1. The Balaban J connectivity index is 2.53. The second-order valence-corrected chi connectivity index (χ2v) is 3.53. The van der Waals surface area contributed by atoms with Crippen molar-refractivity contribution >= 4 is 5.91 Å². The van der Waals surface area contributed by atoms with Gasteiger partial charge in [0.1, 0.15) is 0 Å². The average Bonchev–Trinajstić information content (AvgIpc) is 2.32. The summed E-state index contributed by atoms with van der Waals surface area (Å²) in [4.78, 5) is 11.5. The van der Waals surface area contributed by atoms with Crippen molar-refractivity contribution in [3.63, 3.8) is 0 Å². The highest BCUT2D eigenvalue weighted by molar-refractivity contribution is 5.78. The fourth-order valence-electron chi connectivity index (χ4n) is 1.37. The molecule has 0 unspecified atom stereocenters. The summed E-state index contributed by atoms with van der Waals surface area (Å²) >= 11 is 0. The molecule has 0 aromatic heterocycles. The quantitative estimate of drug-likeness (QED) is 0.717. The summed E-state index contributed by atoms with van der Waals surface area (Å²) in [6, 6.07) is 4.84. The summed E-state index contributed by atoms with van der Waals surface area (Å²) in [7, 11) is 3.05. The lowest BCUT2D eigenvalue weighted by molar-refractivity contribution is -0.120. The van der Waals surface area contributed by atoms with Crippen LogP contribution in [0.15, 0.2) is 18.2 Å². The normalized spacial score (nSPS) is 10.0. The highest BCUT2D eigenvalue weighted by Gasteiger charge is 2.06. The molecule has 0 bridgehead atoms. The number of phenolic OH excluding ortho intramolecular Hbond substituents is 1. The number of rotatable bonds is 6. The first-order chi connectivity index (χ1) is 8.17. The minimum atomic E-state index is -0.0882. The molecule has 1 aromatic rings. The fourth-order valence-corrected chi connectivity index (χ4v) is 1.37. The molecule has 0 saturated heterocycles. The van der Waals surface area contributed by atoms with E-state index in [0.29, 0.717) is 18.9 Å². The van der Waals surface area contributed by atoms with Gasteiger partial charge < -0.3 is 19.9 Å². The molecule has 0 saturated carbocycles. The van der Waals surface area contributed by atoms with Gasteiger partial charge in [-0.05, 0) is 17.7 Å². The Morgan fingerprint density at radius 1 is 1.41 bits per heavy atom. The molecular weight excluding hydrogens is 222 g/mol. The van der Waals surface area contributed by atoms with E-state index in [1.807, 2.05) is 0 Å². The Labute approximate surface area is 100 Å². The Hall–Kier alpha value is -1.75. The molecule has 0 aliphatic carbocycles. The highest BCUT2D eigenvalue weighted by atomic mass is 16.5. The first-order valence-corrected chi connectivity index (χ1v) is 5.29. The largest absolute Gasteiger partial charge is 0.504 e. The van der Waals surface area contributed by atoms with Gasteiger partial charge in [0.05, 0.1) is 20.1 Å². The van der Waals surface area contributed by atoms with E-state index in [9.17, 15) is 9.90 Å². The maximum absolute atomic E-state index is 11.5. The van der Waals surface area contributed by atoms with Gasteiger partial charge in [0, 0.05) is 13.7 Å². The van der Waals surface area contributed by atoms with Gasteiger partial charge in [-0.3, -0.25) is 4.79 Å². The minimum absolute atomic E-state index is 0.0658. The zero-order chi connectivity index (χ0) is 12.7. The smallest absolute Gasteiger partial charge is 0.224 e. The SMILES string of the molecule is COCCNC(=O)Cc1ccc(O)c(OC)c1. The van der Waals surface area contributed by atoms with Crippen LogP contribution >= 0.6 is 0 Å². The summed E-state index contributed by atoms with van der Waals surface area (Å²) in [6.07, 6.45) is 0.250. The van der Waals surface area contributed by atoms with Crippen LogP contribution in [0, 0.1) is 0 Å². The number of phenols is 1. The molecule has 0 atom stereocenters. The summed E-state index contributed by atoms with van der Waals surface area (Å²) in [6.45, 7) is 0.981. The molecule has 0 radical (unpaired) electrons.